The van der Waals surface area contributed by atoms with Crippen molar-refractivity contribution in [3.63, 3.8) is 0 Å². The molecule has 1 fully saturated rings. The Morgan fingerprint density at radius 2 is 1.09 bits per heavy atom. The minimum atomic E-state index is -0.294. The molecule has 2 aromatic carbocycles. The molecule has 1 aliphatic rings. The third kappa shape index (κ3) is 7.15. The molecule has 0 aliphatic carbocycles. The van der Waals surface area contributed by atoms with Crippen LogP contribution in [0.5, 0.6) is 0 Å². The van der Waals surface area contributed by atoms with Crippen molar-refractivity contribution in [3.05, 3.63) is 71.8 Å². The Bertz CT molecular complexity index is 830. The standard InChI is InChI=1S/C28H38N2O4/c1-5-27(31)33-25(23-13-9-7-10-14-23)19-29-17-22(4)30(18-21(29)3)20-26(34-28(32)6-2)24-15-11-8-12-16-24/h7-16,21-22,25-26H,5-6,17-20H2,1-4H3. The first-order chi connectivity index (χ1) is 16.4. The maximum absolute atomic E-state index is 12.1. The highest BCUT2D eigenvalue weighted by atomic mass is 16.5. The second-order valence-corrected chi connectivity index (χ2v) is 9.09. The molecular formula is C28H38N2O4. The maximum Gasteiger partial charge on any atom is 0.306 e. The van der Waals surface area contributed by atoms with Crippen LogP contribution in [0, 0.1) is 0 Å². The lowest BCUT2D eigenvalue weighted by Gasteiger charge is -2.45. The predicted octanol–water partition coefficient (Wildman–Crippen LogP) is 4.77. The van der Waals surface area contributed by atoms with Crippen LogP contribution in [-0.4, -0.2) is 60.0 Å². The van der Waals surface area contributed by atoms with Crippen LogP contribution in [0.15, 0.2) is 60.7 Å². The van der Waals surface area contributed by atoms with Crippen LogP contribution < -0.4 is 0 Å². The van der Waals surface area contributed by atoms with Crippen LogP contribution in [0.25, 0.3) is 0 Å². The Morgan fingerprint density at radius 1 is 0.735 bits per heavy atom. The highest BCUT2D eigenvalue weighted by molar-refractivity contribution is 5.69. The summed E-state index contributed by atoms with van der Waals surface area (Å²) < 4.78 is 11.7. The Labute approximate surface area is 203 Å². The van der Waals surface area contributed by atoms with E-state index in [-0.39, 0.29) is 36.2 Å². The Hall–Kier alpha value is -2.70. The van der Waals surface area contributed by atoms with Gasteiger partial charge in [0.15, 0.2) is 0 Å². The Balaban J connectivity index is 1.69. The molecule has 0 saturated carbocycles. The lowest BCUT2D eigenvalue weighted by Crippen LogP contribution is -2.58. The van der Waals surface area contributed by atoms with E-state index in [2.05, 4.69) is 23.6 Å². The van der Waals surface area contributed by atoms with E-state index in [1.807, 2.05) is 74.5 Å². The van der Waals surface area contributed by atoms with Crippen LogP contribution >= 0.6 is 0 Å². The lowest BCUT2D eigenvalue weighted by atomic mass is 10.0. The van der Waals surface area contributed by atoms with Gasteiger partial charge in [0.05, 0.1) is 0 Å². The molecule has 0 N–H and O–H groups in total. The van der Waals surface area contributed by atoms with Gasteiger partial charge in [-0.15, -0.1) is 0 Å². The summed E-state index contributed by atoms with van der Waals surface area (Å²) in [5.41, 5.74) is 2.03. The van der Waals surface area contributed by atoms with Crippen LogP contribution in [0.4, 0.5) is 0 Å². The topological polar surface area (TPSA) is 59.1 Å². The van der Waals surface area contributed by atoms with E-state index in [9.17, 15) is 9.59 Å². The van der Waals surface area contributed by atoms with Gasteiger partial charge in [0, 0.05) is 51.1 Å². The van der Waals surface area contributed by atoms with Crippen molar-refractivity contribution in [2.24, 2.45) is 0 Å². The number of esters is 2. The van der Waals surface area contributed by atoms with E-state index in [0.29, 0.717) is 25.9 Å². The molecule has 1 heterocycles. The number of nitrogens with zero attached hydrogens (tertiary/aromatic N) is 2. The molecule has 34 heavy (non-hydrogen) atoms. The number of hydrogen-bond donors (Lipinski definition) is 0. The number of carbonyl (C=O) groups is 2. The molecule has 0 bridgehead atoms. The smallest absolute Gasteiger partial charge is 0.306 e. The van der Waals surface area contributed by atoms with Gasteiger partial charge in [0.2, 0.25) is 0 Å². The van der Waals surface area contributed by atoms with E-state index >= 15 is 0 Å². The van der Waals surface area contributed by atoms with Crippen molar-refractivity contribution in [3.8, 4) is 0 Å². The van der Waals surface area contributed by atoms with Gasteiger partial charge in [0.25, 0.3) is 0 Å². The lowest BCUT2D eigenvalue weighted by molar-refractivity contribution is -0.153. The molecule has 0 spiro atoms. The number of carbonyl (C=O) groups excluding carboxylic acids is 2. The van der Waals surface area contributed by atoms with Gasteiger partial charge in [-0.25, -0.2) is 0 Å². The summed E-state index contributed by atoms with van der Waals surface area (Å²) in [6.07, 6.45) is 0.135. The van der Waals surface area contributed by atoms with Crippen molar-refractivity contribution in [2.75, 3.05) is 26.2 Å². The fourth-order valence-electron chi connectivity index (χ4n) is 4.45. The van der Waals surface area contributed by atoms with E-state index < -0.39 is 0 Å². The molecule has 1 aliphatic heterocycles. The molecule has 0 amide bonds. The van der Waals surface area contributed by atoms with Crippen LogP contribution in [0.1, 0.15) is 63.9 Å². The van der Waals surface area contributed by atoms with Gasteiger partial charge in [0.1, 0.15) is 12.2 Å². The van der Waals surface area contributed by atoms with Gasteiger partial charge >= 0.3 is 11.9 Å². The third-order valence-corrected chi connectivity index (χ3v) is 6.51. The van der Waals surface area contributed by atoms with E-state index in [1.54, 1.807) is 0 Å². The van der Waals surface area contributed by atoms with Gasteiger partial charge in [-0.3, -0.25) is 19.4 Å². The van der Waals surface area contributed by atoms with E-state index in [1.165, 1.54) is 0 Å². The fraction of sp³-hybridized carbons (Fsp3) is 0.500. The molecule has 3 rings (SSSR count). The van der Waals surface area contributed by atoms with Crippen LogP contribution in [0.2, 0.25) is 0 Å². The molecule has 184 valence electrons. The summed E-state index contributed by atoms with van der Waals surface area (Å²) >= 11 is 0. The first-order valence-electron chi connectivity index (χ1n) is 12.4. The highest BCUT2D eigenvalue weighted by Gasteiger charge is 2.33. The molecule has 4 atom stereocenters. The third-order valence-electron chi connectivity index (χ3n) is 6.51. The van der Waals surface area contributed by atoms with Crippen molar-refractivity contribution in [2.45, 2.75) is 64.8 Å². The van der Waals surface area contributed by atoms with Gasteiger partial charge in [-0.2, -0.15) is 0 Å². The van der Waals surface area contributed by atoms with Crippen molar-refractivity contribution in [1.29, 1.82) is 0 Å². The summed E-state index contributed by atoms with van der Waals surface area (Å²) in [5.74, 6) is -0.367. The predicted molar refractivity (Wildman–Crippen MR) is 133 cm³/mol. The van der Waals surface area contributed by atoms with Gasteiger partial charge in [-0.1, -0.05) is 74.5 Å². The van der Waals surface area contributed by atoms with Crippen LogP contribution in [0.3, 0.4) is 0 Å². The monoisotopic (exact) mass is 466 g/mol. The SMILES string of the molecule is CCC(=O)OC(CN1CC(C)N(CC(OC(=O)CC)c2ccccc2)CC1C)c1ccccc1. The molecule has 2 aromatic rings. The minimum absolute atomic E-state index is 0.184. The molecular weight excluding hydrogens is 428 g/mol. The second kappa shape index (κ2) is 12.7. The summed E-state index contributed by atoms with van der Waals surface area (Å²) in [7, 11) is 0. The highest BCUT2D eigenvalue weighted by Crippen LogP contribution is 2.26. The first-order valence-corrected chi connectivity index (χ1v) is 12.4. The summed E-state index contributed by atoms with van der Waals surface area (Å²) in [6, 6.07) is 20.5. The van der Waals surface area contributed by atoms with Crippen molar-refractivity contribution < 1.29 is 19.1 Å². The Morgan fingerprint density at radius 3 is 1.41 bits per heavy atom. The zero-order valence-electron chi connectivity index (χ0n) is 20.9. The molecule has 6 nitrogen and oxygen atoms in total. The summed E-state index contributed by atoms with van der Waals surface area (Å²) in [6.45, 7) is 11.1. The molecule has 0 radical (unpaired) electrons. The largest absolute Gasteiger partial charge is 0.456 e. The van der Waals surface area contributed by atoms with Crippen molar-refractivity contribution in [1.82, 2.24) is 9.80 Å². The fourth-order valence-corrected chi connectivity index (χ4v) is 4.45. The normalized spacial score (nSPS) is 20.9. The zero-order valence-corrected chi connectivity index (χ0v) is 20.9. The van der Waals surface area contributed by atoms with Crippen molar-refractivity contribution >= 4 is 11.9 Å². The average Bonchev–Trinajstić information content (AvgIpc) is 2.86. The van der Waals surface area contributed by atoms with Crippen LogP contribution in [-0.2, 0) is 19.1 Å². The number of hydrogen-bond acceptors (Lipinski definition) is 6. The van der Waals surface area contributed by atoms with E-state index in [4.69, 9.17) is 9.47 Å². The summed E-state index contributed by atoms with van der Waals surface area (Å²) in [5, 5.41) is 0. The zero-order chi connectivity index (χ0) is 24.5. The number of rotatable bonds is 10. The first kappa shape index (κ1) is 25.9. The second-order valence-electron chi connectivity index (χ2n) is 9.09. The quantitative estimate of drug-likeness (QED) is 0.470. The molecule has 0 aromatic heterocycles. The Kier molecular flexibility index (Phi) is 9.66. The minimum Gasteiger partial charge on any atom is -0.456 e. The number of benzene rings is 2. The molecule has 6 heteroatoms. The average molecular weight is 467 g/mol. The maximum atomic E-state index is 12.1. The number of ether oxygens (including phenoxy) is 2. The molecule has 4 unspecified atom stereocenters. The molecule has 1 saturated heterocycles. The van der Waals surface area contributed by atoms with E-state index in [0.717, 1.165) is 24.2 Å². The number of piperazine rings is 1. The summed E-state index contributed by atoms with van der Waals surface area (Å²) in [4.78, 5) is 29.0. The van der Waals surface area contributed by atoms with Gasteiger partial charge in [-0.05, 0) is 25.0 Å². The van der Waals surface area contributed by atoms with Gasteiger partial charge < -0.3 is 9.47 Å².